The average Bonchev–Trinajstić information content (AvgIpc) is 2.65. The molecule has 17 heavy (non-hydrogen) atoms. The Kier molecular flexibility index (Phi) is 3.88. The number of rotatable bonds is 2. The normalized spacial score (nSPS) is 24.8. The van der Waals surface area contributed by atoms with Crippen molar-refractivity contribution in [3.8, 4) is 0 Å². The number of carbonyl (C=O) groups excluding carboxylic acids is 1. The molecule has 7 heteroatoms. The highest BCUT2D eigenvalue weighted by Gasteiger charge is 2.34. The highest BCUT2D eigenvalue weighted by molar-refractivity contribution is 7.99. The lowest BCUT2D eigenvalue weighted by Gasteiger charge is -2.22. The number of oxime groups is 1. The van der Waals surface area contributed by atoms with Crippen molar-refractivity contribution in [2.24, 2.45) is 5.16 Å². The summed E-state index contributed by atoms with van der Waals surface area (Å²) in [5.74, 6) is 0.719. The van der Waals surface area contributed by atoms with Gasteiger partial charge in [0.1, 0.15) is 0 Å². The van der Waals surface area contributed by atoms with Crippen LogP contribution in [0.2, 0.25) is 0 Å². The Bertz CT molecular complexity index is 350. The summed E-state index contributed by atoms with van der Waals surface area (Å²) in [7, 11) is 0. The SMILES string of the molecule is O=C(O)C1=NOC(C(=O)N2CCCSCC2)C1. The number of carbonyl (C=O) groups is 2. The van der Waals surface area contributed by atoms with Crippen LogP contribution in [0.15, 0.2) is 5.16 Å². The molecule has 1 amide bonds. The Labute approximate surface area is 103 Å². The van der Waals surface area contributed by atoms with Crippen LogP contribution in [0.1, 0.15) is 12.8 Å². The number of nitrogens with zero attached hydrogens (tertiary/aromatic N) is 2. The summed E-state index contributed by atoms with van der Waals surface area (Å²) < 4.78 is 0. The lowest BCUT2D eigenvalue weighted by atomic mass is 10.1. The number of aliphatic carboxylic acids is 1. The van der Waals surface area contributed by atoms with Crippen LogP contribution in [-0.4, -0.2) is 58.3 Å². The minimum Gasteiger partial charge on any atom is -0.477 e. The molecule has 0 bridgehead atoms. The van der Waals surface area contributed by atoms with E-state index in [9.17, 15) is 9.59 Å². The van der Waals surface area contributed by atoms with Crippen LogP contribution in [0.3, 0.4) is 0 Å². The Morgan fingerprint density at radius 2 is 2.24 bits per heavy atom. The third-order valence-corrected chi connectivity index (χ3v) is 3.77. The fourth-order valence-electron chi connectivity index (χ4n) is 1.81. The highest BCUT2D eigenvalue weighted by atomic mass is 32.2. The average molecular weight is 258 g/mol. The zero-order chi connectivity index (χ0) is 12.3. The molecule has 0 saturated carbocycles. The van der Waals surface area contributed by atoms with Crippen molar-refractivity contribution in [2.45, 2.75) is 18.9 Å². The summed E-state index contributed by atoms with van der Waals surface area (Å²) in [5.41, 5.74) is -0.0763. The van der Waals surface area contributed by atoms with Crippen LogP contribution >= 0.6 is 11.8 Å². The van der Waals surface area contributed by atoms with Crippen molar-refractivity contribution in [3.05, 3.63) is 0 Å². The first kappa shape index (κ1) is 12.2. The fourth-order valence-corrected chi connectivity index (χ4v) is 2.69. The summed E-state index contributed by atoms with van der Waals surface area (Å²) in [5, 5.41) is 12.1. The van der Waals surface area contributed by atoms with Gasteiger partial charge in [-0.3, -0.25) is 4.79 Å². The van der Waals surface area contributed by atoms with Crippen molar-refractivity contribution >= 4 is 29.4 Å². The molecule has 1 N–H and O–H groups in total. The lowest BCUT2D eigenvalue weighted by Crippen LogP contribution is -2.40. The summed E-state index contributed by atoms with van der Waals surface area (Å²) in [6.07, 6.45) is 0.289. The fraction of sp³-hybridized carbons (Fsp3) is 0.700. The standard InChI is InChI=1S/C10H14N2O4S/c13-9(12-2-1-4-17-5-3-12)8-6-7(10(14)15)11-16-8/h8H,1-6H2,(H,14,15). The molecule has 0 aromatic heterocycles. The molecule has 0 aromatic carbocycles. The van der Waals surface area contributed by atoms with Crippen molar-refractivity contribution in [2.75, 3.05) is 24.6 Å². The molecule has 0 spiro atoms. The molecule has 1 atom stereocenters. The minimum absolute atomic E-state index is 0.0673. The number of carboxylic acids is 1. The second kappa shape index (κ2) is 5.39. The summed E-state index contributed by atoms with van der Waals surface area (Å²) in [4.78, 5) is 29.3. The smallest absolute Gasteiger partial charge is 0.353 e. The van der Waals surface area contributed by atoms with Crippen LogP contribution in [0.5, 0.6) is 0 Å². The third-order valence-electron chi connectivity index (χ3n) is 2.73. The van der Waals surface area contributed by atoms with Gasteiger partial charge in [-0.15, -0.1) is 0 Å². The highest BCUT2D eigenvalue weighted by Crippen LogP contribution is 2.16. The first-order valence-corrected chi connectivity index (χ1v) is 6.66. The van der Waals surface area contributed by atoms with Crippen molar-refractivity contribution in [3.63, 3.8) is 0 Å². The lowest BCUT2D eigenvalue weighted by molar-refractivity contribution is -0.141. The van der Waals surface area contributed by atoms with E-state index in [2.05, 4.69) is 5.16 Å². The van der Waals surface area contributed by atoms with Crippen LogP contribution in [-0.2, 0) is 14.4 Å². The monoisotopic (exact) mass is 258 g/mol. The van der Waals surface area contributed by atoms with Gasteiger partial charge in [-0.1, -0.05) is 5.16 Å². The predicted molar refractivity (Wildman–Crippen MR) is 63.1 cm³/mol. The largest absolute Gasteiger partial charge is 0.477 e. The van der Waals surface area contributed by atoms with E-state index in [1.807, 2.05) is 11.8 Å². The van der Waals surface area contributed by atoms with Crippen LogP contribution in [0.25, 0.3) is 0 Å². The molecule has 2 rings (SSSR count). The van der Waals surface area contributed by atoms with E-state index in [0.29, 0.717) is 13.1 Å². The number of thioether (sulfide) groups is 1. The molecule has 0 aromatic rings. The Morgan fingerprint density at radius 3 is 2.94 bits per heavy atom. The summed E-state index contributed by atoms with van der Waals surface area (Å²) in [6, 6.07) is 0. The van der Waals surface area contributed by atoms with E-state index in [4.69, 9.17) is 9.94 Å². The van der Waals surface area contributed by atoms with Gasteiger partial charge >= 0.3 is 5.97 Å². The minimum atomic E-state index is -1.12. The Balaban J connectivity index is 1.91. The second-order valence-electron chi connectivity index (χ2n) is 3.93. The van der Waals surface area contributed by atoms with E-state index in [-0.39, 0.29) is 18.0 Å². The molecule has 1 saturated heterocycles. The maximum absolute atomic E-state index is 12.0. The summed E-state index contributed by atoms with van der Waals surface area (Å²) >= 11 is 1.83. The molecule has 1 unspecified atom stereocenters. The maximum Gasteiger partial charge on any atom is 0.353 e. The van der Waals surface area contributed by atoms with Crippen LogP contribution in [0, 0.1) is 0 Å². The van der Waals surface area contributed by atoms with Crippen molar-refractivity contribution in [1.29, 1.82) is 0 Å². The zero-order valence-corrected chi connectivity index (χ0v) is 10.1. The number of hydrogen-bond acceptors (Lipinski definition) is 5. The number of amides is 1. The Morgan fingerprint density at radius 1 is 1.41 bits per heavy atom. The molecule has 2 aliphatic rings. The molecule has 1 fully saturated rings. The first-order chi connectivity index (χ1) is 8.18. The maximum atomic E-state index is 12.0. The van der Waals surface area contributed by atoms with Gasteiger partial charge in [0.05, 0.1) is 0 Å². The van der Waals surface area contributed by atoms with E-state index >= 15 is 0 Å². The quantitative estimate of drug-likeness (QED) is 0.764. The second-order valence-corrected chi connectivity index (χ2v) is 5.16. The van der Waals surface area contributed by atoms with Gasteiger partial charge in [0.15, 0.2) is 5.71 Å². The van der Waals surface area contributed by atoms with Crippen LogP contribution in [0.4, 0.5) is 0 Å². The van der Waals surface area contributed by atoms with E-state index in [1.54, 1.807) is 4.90 Å². The third kappa shape index (κ3) is 2.91. The van der Waals surface area contributed by atoms with Gasteiger partial charge in [0, 0.05) is 25.3 Å². The molecule has 2 aliphatic heterocycles. The van der Waals surface area contributed by atoms with Gasteiger partial charge in [0.25, 0.3) is 5.91 Å². The van der Waals surface area contributed by atoms with Gasteiger partial charge in [-0.2, -0.15) is 11.8 Å². The summed E-state index contributed by atoms with van der Waals surface area (Å²) in [6.45, 7) is 1.42. The van der Waals surface area contributed by atoms with E-state index in [1.165, 1.54) is 0 Å². The molecule has 6 nitrogen and oxygen atoms in total. The topological polar surface area (TPSA) is 79.2 Å². The van der Waals surface area contributed by atoms with Gasteiger partial charge in [-0.25, -0.2) is 4.79 Å². The van der Waals surface area contributed by atoms with Crippen molar-refractivity contribution < 1.29 is 19.5 Å². The van der Waals surface area contributed by atoms with Gasteiger partial charge in [0.2, 0.25) is 6.10 Å². The van der Waals surface area contributed by atoms with E-state index in [0.717, 1.165) is 17.9 Å². The van der Waals surface area contributed by atoms with Crippen molar-refractivity contribution in [1.82, 2.24) is 4.90 Å². The van der Waals surface area contributed by atoms with E-state index < -0.39 is 12.1 Å². The molecule has 0 aliphatic carbocycles. The first-order valence-electron chi connectivity index (χ1n) is 5.51. The molecule has 94 valence electrons. The molecular weight excluding hydrogens is 244 g/mol. The van der Waals surface area contributed by atoms with Gasteiger partial charge < -0.3 is 14.8 Å². The molecular formula is C10H14N2O4S. The Hall–Kier alpha value is -1.24. The zero-order valence-electron chi connectivity index (χ0n) is 9.29. The number of carboxylic acid groups (broad SMARTS) is 1. The van der Waals surface area contributed by atoms with Crippen LogP contribution < -0.4 is 0 Å². The van der Waals surface area contributed by atoms with Gasteiger partial charge in [-0.05, 0) is 12.2 Å². The predicted octanol–water partition coefficient (Wildman–Crippen LogP) is 0.181. The number of hydrogen-bond donors (Lipinski definition) is 1. The molecule has 0 radical (unpaired) electrons. The molecule has 2 heterocycles.